The minimum atomic E-state index is -0.957. The molecule has 0 saturated heterocycles. The van der Waals surface area contributed by atoms with E-state index >= 15 is 0 Å². The number of carboxylic acid groups (broad SMARTS) is 1. The third-order valence-electron chi connectivity index (χ3n) is 3.11. The zero-order chi connectivity index (χ0) is 15.8. The van der Waals surface area contributed by atoms with E-state index < -0.39 is 17.6 Å². The maximum Gasteiger partial charge on any atom is 0.305 e. The fourth-order valence-electron chi connectivity index (χ4n) is 2.24. The summed E-state index contributed by atoms with van der Waals surface area (Å²) in [5.74, 6) is -2.21. The van der Waals surface area contributed by atoms with Crippen molar-refractivity contribution < 1.29 is 18.7 Å². The van der Waals surface area contributed by atoms with Crippen LogP contribution in [0.25, 0.3) is 11.0 Å². The highest BCUT2D eigenvalue weighted by Gasteiger charge is 2.20. The molecule has 0 aliphatic carbocycles. The molecule has 0 fully saturated rings. The quantitative estimate of drug-likeness (QED) is 0.941. The van der Waals surface area contributed by atoms with Gasteiger partial charge in [0.25, 0.3) is 0 Å². The summed E-state index contributed by atoms with van der Waals surface area (Å²) < 4.78 is 28.4. The van der Waals surface area contributed by atoms with Crippen LogP contribution in [-0.4, -0.2) is 20.6 Å². The van der Waals surface area contributed by atoms with Gasteiger partial charge in [0.1, 0.15) is 5.82 Å². The van der Waals surface area contributed by atoms with Crippen molar-refractivity contribution in [2.45, 2.75) is 40.2 Å². The predicted octanol–water partition coefficient (Wildman–Crippen LogP) is 3.38. The monoisotopic (exact) mass is 296 g/mol. The molecule has 114 valence electrons. The summed E-state index contributed by atoms with van der Waals surface area (Å²) in [4.78, 5) is 15.1. The fraction of sp³-hybridized carbons (Fsp3) is 0.467. The molecule has 0 unspecified atom stereocenters. The lowest BCUT2D eigenvalue weighted by molar-refractivity contribution is -0.137. The smallest absolute Gasteiger partial charge is 0.305 e. The van der Waals surface area contributed by atoms with Gasteiger partial charge in [-0.15, -0.1) is 0 Å². The van der Waals surface area contributed by atoms with Gasteiger partial charge in [0.05, 0.1) is 17.5 Å². The van der Waals surface area contributed by atoms with Gasteiger partial charge in [-0.05, 0) is 5.41 Å². The number of aryl methyl sites for hydroxylation is 1. The van der Waals surface area contributed by atoms with Crippen molar-refractivity contribution in [1.29, 1.82) is 0 Å². The molecule has 0 amide bonds. The summed E-state index contributed by atoms with van der Waals surface area (Å²) in [6.45, 7) is 6.25. The van der Waals surface area contributed by atoms with Crippen LogP contribution in [0.1, 0.15) is 33.0 Å². The molecule has 0 bridgehead atoms. The van der Waals surface area contributed by atoms with E-state index in [1.54, 1.807) is 4.57 Å². The number of nitrogens with zero attached hydrogens (tertiary/aromatic N) is 2. The molecule has 21 heavy (non-hydrogen) atoms. The molecular formula is C15H18F2N2O2. The number of fused-ring (bicyclic) bond motifs is 1. The Kier molecular flexibility index (Phi) is 3.98. The Morgan fingerprint density at radius 2 is 1.90 bits per heavy atom. The number of aromatic nitrogens is 2. The van der Waals surface area contributed by atoms with Gasteiger partial charge in [-0.1, -0.05) is 20.8 Å². The first-order valence-electron chi connectivity index (χ1n) is 6.73. The molecule has 0 aliphatic rings. The number of imidazole rings is 1. The summed E-state index contributed by atoms with van der Waals surface area (Å²) in [5.41, 5.74) is 0.701. The number of rotatable bonds is 4. The summed E-state index contributed by atoms with van der Waals surface area (Å²) in [6.07, 6.45) is 0.492. The van der Waals surface area contributed by atoms with Crippen LogP contribution in [0.2, 0.25) is 0 Å². The van der Waals surface area contributed by atoms with Crippen LogP contribution in [0.4, 0.5) is 8.78 Å². The van der Waals surface area contributed by atoms with Crippen molar-refractivity contribution in [2.75, 3.05) is 0 Å². The molecule has 0 atom stereocenters. The summed E-state index contributed by atoms with van der Waals surface area (Å²) in [6, 6.07) is 2.12. The van der Waals surface area contributed by atoms with E-state index in [-0.39, 0.29) is 18.4 Å². The van der Waals surface area contributed by atoms with Gasteiger partial charge in [0.15, 0.2) is 11.6 Å². The fourth-order valence-corrected chi connectivity index (χ4v) is 2.24. The van der Waals surface area contributed by atoms with E-state index in [9.17, 15) is 13.6 Å². The highest BCUT2D eigenvalue weighted by Crippen LogP contribution is 2.25. The lowest BCUT2D eigenvalue weighted by Crippen LogP contribution is -2.15. The van der Waals surface area contributed by atoms with Crippen molar-refractivity contribution >= 4 is 17.0 Å². The van der Waals surface area contributed by atoms with Crippen LogP contribution in [0.5, 0.6) is 0 Å². The van der Waals surface area contributed by atoms with Gasteiger partial charge >= 0.3 is 5.97 Å². The standard InChI is InChI=1S/C15H18F2N2O2/c1-15(2,3)8-13-18-11-6-9(16)10(17)7-12(11)19(13)5-4-14(20)21/h6-7H,4-5,8H2,1-3H3,(H,20,21). The number of halogens is 2. The van der Waals surface area contributed by atoms with E-state index in [0.717, 1.165) is 12.1 Å². The minimum absolute atomic E-state index is 0.0700. The Bertz CT molecular complexity index is 687. The van der Waals surface area contributed by atoms with E-state index in [2.05, 4.69) is 4.98 Å². The van der Waals surface area contributed by atoms with Gasteiger partial charge in [0, 0.05) is 25.1 Å². The molecule has 0 saturated carbocycles. The molecule has 2 aromatic rings. The first kappa shape index (κ1) is 15.4. The van der Waals surface area contributed by atoms with E-state index in [1.165, 1.54) is 0 Å². The van der Waals surface area contributed by atoms with Crippen LogP contribution in [0, 0.1) is 17.0 Å². The van der Waals surface area contributed by atoms with Crippen LogP contribution in [-0.2, 0) is 17.8 Å². The number of hydrogen-bond acceptors (Lipinski definition) is 2. The third-order valence-corrected chi connectivity index (χ3v) is 3.11. The lowest BCUT2D eigenvalue weighted by Gasteiger charge is -2.18. The van der Waals surface area contributed by atoms with Crippen LogP contribution >= 0.6 is 0 Å². The maximum absolute atomic E-state index is 13.4. The highest BCUT2D eigenvalue weighted by molar-refractivity contribution is 5.76. The van der Waals surface area contributed by atoms with E-state index in [0.29, 0.717) is 23.3 Å². The predicted molar refractivity (Wildman–Crippen MR) is 75.1 cm³/mol. The zero-order valence-electron chi connectivity index (χ0n) is 12.3. The summed E-state index contributed by atoms with van der Waals surface area (Å²) in [7, 11) is 0. The Morgan fingerprint density at radius 1 is 1.29 bits per heavy atom. The average Bonchev–Trinajstić information content (AvgIpc) is 2.62. The van der Waals surface area contributed by atoms with Crippen LogP contribution in [0.3, 0.4) is 0 Å². The number of carbonyl (C=O) groups is 1. The normalized spacial score (nSPS) is 12.0. The van der Waals surface area contributed by atoms with Gasteiger partial charge in [-0.25, -0.2) is 13.8 Å². The lowest BCUT2D eigenvalue weighted by atomic mass is 9.92. The second kappa shape index (κ2) is 5.42. The largest absolute Gasteiger partial charge is 0.481 e. The molecule has 0 aliphatic heterocycles. The van der Waals surface area contributed by atoms with Crippen molar-refractivity contribution in [3.05, 3.63) is 29.6 Å². The molecule has 1 heterocycles. The van der Waals surface area contributed by atoms with E-state index in [1.807, 2.05) is 20.8 Å². The van der Waals surface area contributed by atoms with E-state index in [4.69, 9.17) is 5.11 Å². The van der Waals surface area contributed by atoms with Gasteiger partial charge in [-0.3, -0.25) is 4.79 Å². The Labute approximate surface area is 121 Å². The van der Waals surface area contributed by atoms with Gasteiger partial charge < -0.3 is 9.67 Å². The molecule has 0 spiro atoms. The molecule has 4 nitrogen and oxygen atoms in total. The number of aliphatic carboxylic acids is 1. The van der Waals surface area contributed by atoms with Crippen LogP contribution in [0.15, 0.2) is 12.1 Å². The molecule has 0 radical (unpaired) electrons. The summed E-state index contributed by atoms with van der Waals surface area (Å²) >= 11 is 0. The molecule has 6 heteroatoms. The van der Waals surface area contributed by atoms with Crippen molar-refractivity contribution in [1.82, 2.24) is 9.55 Å². The maximum atomic E-state index is 13.4. The molecule has 1 N–H and O–H groups in total. The number of benzene rings is 1. The molecule has 2 rings (SSSR count). The first-order valence-corrected chi connectivity index (χ1v) is 6.73. The minimum Gasteiger partial charge on any atom is -0.481 e. The SMILES string of the molecule is CC(C)(C)Cc1nc2cc(F)c(F)cc2n1CCC(=O)O. The first-order chi connectivity index (χ1) is 9.67. The van der Waals surface area contributed by atoms with Crippen molar-refractivity contribution in [2.24, 2.45) is 5.41 Å². The van der Waals surface area contributed by atoms with Crippen LogP contribution < -0.4 is 0 Å². The third kappa shape index (κ3) is 3.56. The zero-order valence-corrected chi connectivity index (χ0v) is 12.3. The number of hydrogen-bond donors (Lipinski definition) is 1. The van der Waals surface area contributed by atoms with Gasteiger partial charge in [0.2, 0.25) is 0 Å². The average molecular weight is 296 g/mol. The Hall–Kier alpha value is -1.98. The topological polar surface area (TPSA) is 55.1 Å². The Morgan fingerprint density at radius 3 is 2.48 bits per heavy atom. The van der Waals surface area contributed by atoms with Gasteiger partial charge in [-0.2, -0.15) is 0 Å². The molecular weight excluding hydrogens is 278 g/mol. The second-order valence-corrected chi connectivity index (χ2v) is 6.32. The number of carboxylic acids is 1. The Balaban J connectivity index is 2.54. The summed E-state index contributed by atoms with van der Waals surface area (Å²) in [5, 5.41) is 8.84. The van der Waals surface area contributed by atoms with Crippen molar-refractivity contribution in [3.63, 3.8) is 0 Å². The molecule has 1 aromatic carbocycles. The second-order valence-electron chi connectivity index (χ2n) is 6.32. The van der Waals surface area contributed by atoms with Crippen molar-refractivity contribution in [3.8, 4) is 0 Å². The highest BCUT2D eigenvalue weighted by atomic mass is 19.2. The molecule has 1 aromatic heterocycles.